The Balaban J connectivity index is 1.08. The van der Waals surface area contributed by atoms with Crippen LogP contribution in [-0.2, 0) is 16.9 Å². The molecule has 0 spiro atoms. The van der Waals surface area contributed by atoms with E-state index in [9.17, 15) is 14.7 Å². The molecule has 4 aromatic rings. The standard InChI is InChI=1S/C31H22Cl3NO6/c32-23-2-1-3-24(33)26(23)27-21(28(41-35-27)15-4-5-15)14-39-18-7-9-22(25(34)11-18)31(38)12-17(13-31)16-6-8-19-20(10-16)30(37)40-29(19)36/h1-3,6-11,15,17,38H,4-5,12-14H2. The van der Waals surface area contributed by atoms with Crippen molar-refractivity contribution in [3.63, 3.8) is 0 Å². The van der Waals surface area contributed by atoms with Crippen molar-refractivity contribution in [2.45, 2.75) is 49.7 Å². The maximum Gasteiger partial charge on any atom is 0.346 e. The molecule has 2 aliphatic carbocycles. The molecule has 0 saturated heterocycles. The maximum absolute atomic E-state index is 11.9. The van der Waals surface area contributed by atoms with E-state index in [1.807, 2.05) is 0 Å². The number of carbonyl (C=O) groups excluding carboxylic acids is 2. The van der Waals surface area contributed by atoms with Gasteiger partial charge in [-0.15, -0.1) is 0 Å². The summed E-state index contributed by atoms with van der Waals surface area (Å²) in [6, 6.07) is 15.6. The van der Waals surface area contributed by atoms with Crippen LogP contribution in [0.15, 0.2) is 59.1 Å². The number of benzene rings is 3. The number of carbonyl (C=O) groups is 2. The first kappa shape index (κ1) is 26.5. The van der Waals surface area contributed by atoms with E-state index in [0.717, 1.165) is 29.7 Å². The number of esters is 2. The SMILES string of the molecule is O=C1OC(=O)c2cc(C3CC(O)(c4ccc(OCc5c(-c6c(Cl)cccc6Cl)noc5C5CC5)cc4Cl)C3)ccc21. The summed E-state index contributed by atoms with van der Waals surface area (Å²) in [5, 5.41) is 17.0. The minimum absolute atomic E-state index is 0.00490. The maximum atomic E-state index is 11.9. The quantitative estimate of drug-likeness (QED) is 0.168. The lowest BCUT2D eigenvalue weighted by atomic mass is 9.65. The smallest absolute Gasteiger partial charge is 0.346 e. The fourth-order valence-electron chi connectivity index (χ4n) is 5.73. The van der Waals surface area contributed by atoms with Crippen molar-refractivity contribution in [3.8, 4) is 17.0 Å². The fourth-order valence-corrected chi connectivity index (χ4v) is 6.66. The number of aromatic nitrogens is 1. The topological polar surface area (TPSA) is 98.9 Å². The van der Waals surface area contributed by atoms with Crippen LogP contribution in [0.2, 0.25) is 15.1 Å². The molecule has 41 heavy (non-hydrogen) atoms. The van der Waals surface area contributed by atoms with Gasteiger partial charge in [0.15, 0.2) is 0 Å². The van der Waals surface area contributed by atoms with Gasteiger partial charge in [-0.3, -0.25) is 0 Å². The average Bonchev–Trinajstić information content (AvgIpc) is 3.63. The predicted molar refractivity (Wildman–Crippen MR) is 152 cm³/mol. The third-order valence-electron chi connectivity index (χ3n) is 8.10. The van der Waals surface area contributed by atoms with Gasteiger partial charge in [-0.2, -0.15) is 0 Å². The first-order valence-corrected chi connectivity index (χ1v) is 14.3. The van der Waals surface area contributed by atoms with Gasteiger partial charge in [0.05, 0.1) is 37.4 Å². The molecule has 0 atom stereocenters. The highest BCUT2D eigenvalue weighted by Crippen LogP contribution is 2.53. The second-order valence-corrected chi connectivity index (χ2v) is 12.0. The molecule has 0 radical (unpaired) electrons. The van der Waals surface area contributed by atoms with E-state index in [1.165, 1.54) is 0 Å². The van der Waals surface area contributed by atoms with Crippen molar-refractivity contribution in [1.82, 2.24) is 5.16 Å². The summed E-state index contributed by atoms with van der Waals surface area (Å²) in [5.41, 5.74) is 2.83. The fraction of sp³-hybridized carbons (Fsp3) is 0.258. The Hall–Kier alpha value is -3.36. The minimum Gasteiger partial charge on any atom is -0.489 e. The highest BCUT2D eigenvalue weighted by atomic mass is 35.5. The van der Waals surface area contributed by atoms with E-state index in [4.69, 9.17) is 44.1 Å². The van der Waals surface area contributed by atoms with Crippen molar-refractivity contribution >= 4 is 46.7 Å². The molecule has 7 nitrogen and oxygen atoms in total. The Bertz CT molecular complexity index is 1720. The third kappa shape index (κ3) is 4.61. The van der Waals surface area contributed by atoms with Crippen molar-refractivity contribution in [1.29, 1.82) is 0 Å². The van der Waals surface area contributed by atoms with Crippen LogP contribution in [0.25, 0.3) is 11.3 Å². The number of nitrogens with zero attached hydrogens (tertiary/aromatic N) is 1. The Morgan fingerprint density at radius 2 is 1.63 bits per heavy atom. The van der Waals surface area contributed by atoms with Crippen LogP contribution in [0.4, 0.5) is 0 Å². The molecule has 1 aliphatic heterocycles. The summed E-state index contributed by atoms with van der Waals surface area (Å²) in [6.07, 6.45) is 2.88. The summed E-state index contributed by atoms with van der Waals surface area (Å²) < 4.78 is 16.5. The van der Waals surface area contributed by atoms with E-state index >= 15 is 0 Å². The number of ether oxygens (including phenoxy) is 2. The second-order valence-electron chi connectivity index (χ2n) is 10.8. The van der Waals surface area contributed by atoms with Crippen molar-refractivity contribution < 1.29 is 28.7 Å². The highest BCUT2D eigenvalue weighted by Gasteiger charge is 2.46. The summed E-state index contributed by atoms with van der Waals surface area (Å²) in [5.74, 6) is 0.326. The molecule has 0 bridgehead atoms. The van der Waals surface area contributed by atoms with Gasteiger partial charge in [0.25, 0.3) is 0 Å². The van der Waals surface area contributed by atoms with Gasteiger partial charge in [0.2, 0.25) is 0 Å². The molecule has 1 N–H and O–H groups in total. The highest BCUT2D eigenvalue weighted by molar-refractivity contribution is 6.39. The molecule has 3 aromatic carbocycles. The second kappa shape index (κ2) is 9.88. The van der Waals surface area contributed by atoms with Crippen LogP contribution in [0.1, 0.15) is 80.7 Å². The van der Waals surface area contributed by atoms with E-state index in [2.05, 4.69) is 9.89 Å². The van der Waals surface area contributed by atoms with Crippen molar-refractivity contribution in [3.05, 3.63) is 103 Å². The number of halogens is 3. The van der Waals surface area contributed by atoms with Gasteiger partial charge in [0, 0.05) is 17.0 Å². The molecule has 2 fully saturated rings. The van der Waals surface area contributed by atoms with Gasteiger partial charge >= 0.3 is 11.9 Å². The van der Waals surface area contributed by atoms with Gasteiger partial charge in [-0.05, 0) is 73.6 Å². The predicted octanol–water partition coefficient (Wildman–Crippen LogP) is 7.83. The molecule has 1 aromatic heterocycles. The van der Waals surface area contributed by atoms with Crippen LogP contribution in [0, 0.1) is 0 Å². The van der Waals surface area contributed by atoms with Crippen LogP contribution < -0.4 is 4.74 Å². The Labute approximate surface area is 249 Å². The average molecular weight is 611 g/mol. The number of fused-ring (bicyclic) bond motifs is 1. The number of rotatable bonds is 7. The summed E-state index contributed by atoms with van der Waals surface area (Å²) in [6.45, 7) is 0.178. The Kier molecular flexibility index (Phi) is 6.39. The summed E-state index contributed by atoms with van der Waals surface area (Å²) in [7, 11) is 0. The van der Waals surface area contributed by atoms with Crippen LogP contribution in [0.3, 0.4) is 0 Å². The van der Waals surface area contributed by atoms with E-state index < -0.39 is 17.5 Å². The van der Waals surface area contributed by atoms with E-state index in [1.54, 1.807) is 54.6 Å². The monoisotopic (exact) mass is 609 g/mol. The lowest BCUT2D eigenvalue weighted by Crippen LogP contribution is -2.40. The normalized spacial score (nSPS) is 21.4. The zero-order chi connectivity index (χ0) is 28.5. The zero-order valence-corrected chi connectivity index (χ0v) is 23.7. The first-order chi connectivity index (χ1) is 19.7. The van der Waals surface area contributed by atoms with Gasteiger partial charge in [0.1, 0.15) is 23.8 Å². The number of aliphatic hydroxyl groups is 1. The van der Waals surface area contributed by atoms with Crippen LogP contribution in [0.5, 0.6) is 5.75 Å². The summed E-state index contributed by atoms with van der Waals surface area (Å²) >= 11 is 19.6. The molecule has 208 valence electrons. The van der Waals surface area contributed by atoms with Crippen LogP contribution >= 0.6 is 34.8 Å². The van der Waals surface area contributed by atoms with Crippen LogP contribution in [-0.4, -0.2) is 22.2 Å². The van der Waals surface area contributed by atoms with Gasteiger partial charge < -0.3 is 19.1 Å². The number of cyclic esters (lactones) is 2. The van der Waals surface area contributed by atoms with E-state index in [0.29, 0.717) is 56.4 Å². The molecular weight excluding hydrogens is 589 g/mol. The molecular formula is C31H22Cl3NO6. The lowest BCUT2D eigenvalue weighted by molar-refractivity contribution is -0.0549. The number of hydrogen-bond acceptors (Lipinski definition) is 7. The van der Waals surface area contributed by atoms with Gasteiger partial charge in [-0.25, -0.2) is 9.59 Å². The third-order valence-corrected chi connectivity index (χ3v) is 9.04. The molecule has 0 unspecified atom stereocenters. The Morgan fingerprint density at radius 3 is 2.34 bits per heavy atom. The lowest BCUT2D eigenvalue weighted by Gasteiger charge is -2.44. The van der Waals surface area contributed by atoms with Gasteiger partial charge in [-0.1, -0.05) is 58.2 Å². The molecule has 10 heteroatoms. The van der Waals surface area contributed by atoms with Crippen molar-refractivity contribution in [2.75, 3.05) is 0 Å². The number of hydrogen-bond donors (Lipinski definition) is 1. The van der Waals surface area contributed by atoms with Crippen molar-refractivity contribution in [2.24, 2.45) is 0 Å². The largest absolute Gasteiger partial charge is 0.489 e. The molecule has 3 aliphatic rings. The minimum atomic E-state index is -1.13. The molecule has 2 heterocycles. The molecule has 0 amide bonds. The Morgan fingerprint density at radius 1 is 0.902 bits per heavy atom. The molecule has 7 rings (SSSR count). The zero-order valence-electron chi connectivity index (χ0n) is 21.5. The molecule has 2 saturated carbocycles. The summed E-state index contributed by atoms with van der Waals surface area (Å²) in [4.78, 5) is 23.7. The van der Waals surface area contributed by atoms with E-state index in [-0.39, 0.29) is 23.7 Å². The first-order valence-electron chi connectivity index (χ1n) is 13.2.